The Balaban J connectivity index is 1.35. The number of thioether (sulfide) groups is 1. The van der Waals surface area contributed by atoms with Crippen LogP contribution in [0.15, 0.2) is 4.99 Å². The lowest BCUT2D eigenvalue weighted by Gasteiger charge is -2.15. The molecule has 3 atom stereocenters. The molecule has 2 fully saturated rings. The fourth-order valence-electron chi connectivity index (χ4n) is 3.05. The minimum absolute atomic E-state index is 0.116. The Morgan fingerprint density at radius 2 is 2.09 bits per heavy atom. The Hall–Kier alpha value is -1.77. The van der Waals surface area contributed by atoms with Gasteiger partial charge in [-0.05, 0) is 12.8 Å². The van der Waals surface area contributed by atoms with E-state index in [1.807, 2.05) is 11.8 Å². The van der Waals surface area contributed by atoms with Crippen LogP contribution in [0.5, 0.6) is 0 Å². The summed E-state index contributed by atoms with van der Waals surface area (Å²) in [5.74, 6) is 0.104. The summed E-state index contributed by atoms with van der Waals surface area (Å²) in [6, 6.07) is 0.564. The van der Waals surface area contributed by atoms with Gasteiger partial charge in [-0.15, -0.1) is 5.06 Å². The van der Waals surface area contributed by atoms with Crippen LogP contribution < -0.4 is 11.1 Å². The lowest BCUT2D eigenvalue weighted by Crippen LogP contribution is -2.38. The third-order valence-corrected chi connectivity index (χ3v) is 5.72. The minimum atomic E-state index is -0.532. The topological polar surface area (TPSA) is 114 Å². The van der Waals surface area contributed by atoms with Crippen molar-refractivity contribution in [2.24, 2.45) is 10.7 Å². The standard InChI is InChI=1S/C14H20N4O4S/c15-14-16-8-7-23-9(13(8)17-14)3-1-2-4-12(21)22-18-10(19)5-6-11(18)20/h8-9,13H,1-7H2,(H3,15,16,17)/t8-,9+,13+/m1/s1. The van der Waals surface area contributed by atoms with Crippen molar-refractivity contribution < 1.29 is 19.2 Å². The number of nitrogens with zero attached hydrogens (tertiary/aromatic N) is 2. The number of hydrogen-bond acceptors (Lipinski definition) is 8. The fraction of sp³-hybridized carbons (Fsp3) is 0.714. The van der Waals surface area contributed by atoms with Crippen LogP contribution in [0.4, 0.5) is 0 Å². The molecule has 0 aromatic carbocycles. The molecule has 9 heteroatoms. The first-order valence-electron chi connectivity index (χ1n) is 7.82. The fourth-order valence-corrected chi connectivity index (χ4v) is 4.56. The summed E-state index contributed by atoms with van der Waals surface area (Å²) in [4.78, 5) is 43.6. The number of amides is 2. The van der Waals surface area contributed by atoms with E-state index in [-0.39, 0.29) is 25.3 Å². The van der Waals surface area contributed by atoms with Gasteiger partial charge in [-0.2, -0.15) is 11.8 Å². The Morgan fingerprint density at radius 3 is 2.83 bits per heavy atom. The van der Waals surface area contributed by atoms with Crippen molar-refractivity contribution >= 4 is 35.5 Å². The van der Waals surface area contributed by atoms with Gasteiger partial charge < -0.3 is 15.9 Å². The SMILES string of the molecule is NC1=N[C@@H]2[C@H](CCCCC(=O)ON3C(=O)CCC3=O)SC[C@H]2N1. The van der Waals surface area contributed by atoms with Crippen LogP contribution in [-0.4, -0.2) is 51.9 Å². The van der Waals surface area contributed by atoms with Crippen molar-refractivity contribution in [2.75, 3.05) is 5.75 Å². The van der Waals surface area contributed by atoms with E-state index in [1.165, 1.54) is 0 Å². The Labute approximate surface area is 138 Å². The number of aliphatic imine (C=N–C) groups is 1. The lowest BCUT2D eigenvalue weighted by molar-refractivity contribution is -0.197. The van der Waals surface area contributed by atoms with E-state index in [4.69, 9.17) is 10.6 Å². The van der Waals surface area contributed by atoms with E-state index in [1.54, 1.807) is 0 Å². The molecule has 0 bridgehead atoms. The van der Waals surface area contributed by atoms with E-state index < -0.39 is 17.8 Å². The molecular weight excluding hydrogens is 320 g/mol. The van der Waals surface area contributed by atoms with Gasteiger partial charge in [0.2, 0.25) is 0 Å². The molecule has 3 rings (SSSR count). The van der Waals surface area contributed by atoms with E-state index in [0.29, 0.717) is 28.7 Å². The zero-order chi connectivity index (χ0) is 16.4. The highest BCUT2D eigenvalue weighted by atomic mass is 32.2. The summed E-state index contributed by atoms with van der Waals surface area (Å²) in [5, 5.41) is 4.19. The Kier molecular flexibility index (Phi) is 4.74. The molecule has 0 saturated carbocycles. The molecule has 0 aliphatic carbocycles. The number of imide groups is 1. The maximum atomic E-state index is 11.7. The number of rotatable bonds is 6. The summed E-state index contributed by atoms with van der Waals surface area (Å²) < 4.78 is 0. The van der Waals surface area contributed by atoms with Gasteiger partial charge in [-0.3, -0.25) is 9.59 Å². The van der Waals surface area contributed by atoms with Gasteiger partial charge >= 0.3 is 5.97 Å². The second-order valence-corrected chi connectivity index (χ2v) is 7.19. The zero-order valence-corrected chi connectivity index (χ0v) is 13.5. The molecule has 0 aromatic heterocycles. The van der Waals surface area contributed by atoms with Crippen molar-refractivity contribution in [1.82, 2.24) is 10.4 Å². The number of guanidine groups is 1. The number of nitrogens with two attached hydrogens (primary N) is 1. The molecule has 8 nitrogen and oxygen atoms in total. The predicted octanol–water partition coefficient (Wildman–Crippen LogP) is -0.0755. The third-order valence-electron chi connectivity index (χ3n) is 4.22. The highest BCUT2D eigenvalue weighted by Gasteiger charge is 2.40. The molecule has 3 heterocycles. The Morgan fingerprint density at radius 1 is 1.35 bits per heavy atom. The maximum Gasteiger partial charge on any atom is 0.333 e. The highest BCUT2D eigenvalue weighted by Crippen LogP contribution is 2.35. The number of fused-ring (bicyclic) bond motifs is 1. The zero-order valence-electron chi connectivity index (χ0n) is 12.7. The van der Waals surface area contributed by atoms with E-state index in [0.717, 1.165) is 18.6 Å². The molecule has 0 radical (unpaired) electrons. The average molecular weight is 340 g/mol. The summed E-state index contributed by atoms with van der Waals surface area (Å²) in [7, 11) is 0. The van der Waals surface area contributed by atoms with Crippen LogP contribution in [0.1, 0.15) is 38.5 Å². The number of nitrogens with one attached hydrogen (secondary N) is 1. The molecule has 3 N–H and O–H groups in total. The second kappa shape index (κ2) is 6.77. The Bertz CT molecular complexity index is 537. The molecule has 23 heavy (non-hydrogen) atoms. The molecule has 2 saturated heterocycles. The molecule has 126 valence electrons. The smallest absolute Gasteiger partial charge is 0.333 e. The van der Waals surface area contributed by atoms with Crippen molar-refractivity contribution in [1.29, 1.82) is 0 Å². The maximum absolute atomic E-state index is 11.7. The van der Waals surface area contributed by atoms with Gasteiger partial charge in [-0.25, -0.2) is 9.79 Å². The summed E-state index contributed by atoms with van der Waals surface area (Å²) in [6.07, 6.45) is 2.92. The number of hydroxylamine groups is 2. The molecule has 0 unspecified atom stereocenters. The summed E-state index contributed by atoms with van der Waals surface area (Å²) in [5.41, 5.74) is 5.69. The normalized spacial score (nSPS) is 29.5. The van der Waals surface area contributed by atoms with Crippen LogP contribution in [0.3, 0.4) is 0 Å². The van der Waals surface area contributed by atoms with Gasteiger partial charge in [0.05, 0.1) is 12.1 Å². The summed E-state index contributed by atoms with van der Waals surface area (Å²) >= 11 is 1.88. The quantitative estimate of drug-likeness (QED) is 0.513. The number of carbonyl (C=O) groups excluding carboxylic acids is 3. The van der Waals surface area contributed by atoms with E-state index >= 15 is 0 Å². The summed E-state index contributed by atoms with van der Waals surface area (Å²) in [6.45, 7) is 0. The van der Waals surface area contributed by atoms with Crippen molar-refractivity contribution in [3.63, 3.8) is 0 Å². The van der Waals surface area contributed by atoms with E-state index in [2.05, 4.69) is 10.3 Å². The highest BCUT2D eigenvalue weighted by molar-refractivity contribution is 8.00. The number of carbonyl (C=O) groups is 3. The lowest BCUT2D eigenvalue weighted by atomic mass is 10.0. The van der Waals surface area contributed by atoms with Crippen molar-refractivity contribution in [3.05, 3.63) is 0 Å². The van der Waals surface area contributed by atoms with Crippen LogP contribution in [0.2, 0.25) is 0 Å². The van der Waals surface area contributed by atoms with Gasteiger partial charge in [0.1, 0.15) is 0 Å². The van der Waals surface area contributed by atoms with Crippen LogP contribution in [0, 0.1) is 0 Å². The van der Waals surface area contributed by atoms with Crippen molar-refractivity contribution in [2.45, 2.75) is 55.9 Å². The largest absolute Gasteiger partial charge is 0.370 e. The minimum Gasteiger partial charge on any atom is -0.370 e. The van der Waals surface area contributed by atoms with Crippen LogP contribution in [-0.2, 0) is 19.2 Å². The molecule has 3 aliphatic heterocycles. The predicted molar refractivity (Wildman–Crippen MR) is 84.2 cm³/mol. The first kappa shape index (κ1) is 16.1. The molecule has 3 aliphatic rings. The first-order valence-corrected chi connectivity index (χ1v) is 8.87. The number of hydrogen-bond donors (Lipinski definition) is 2. The molecule has 0 spiro atoms. The molecule has 0 aromatic rings. The average Bonchev–Trinajstić information content (AvgIpc) is 3.14. The van der Waals surface area contributed by atoms with Gasteiger partial charge in [0.15, 0.2) is 5.96 Å². The molecule has 2 amide bonds. The van der Waals surface area contributed by atoms with Gasteiger partial charge in [0.25, 0.3) is 11.8 Å². The van der Waals surface area contributed by atoms with Crippen LogP contribution in [0.25, 0.3) is 0 Å². The molecular formula is C14H20N4O4S. The first-order chi connectivity index (χ1) is 11.0. The number of unbranched alkanes of at least 4 members (excludes halogenated alkanes) is 1. The second-order valence-electron chi connectivity index (χ2n) is 5.92. The van der Waals surface area contributed by atoms with E-state index in [9.17, 15) is 14.4 Å². The monoisotopic (exact) mass is 340 g/mol. The van der Waals surface area contributed by atoms with Crippen LogP contribution >= 0.6 is 11.8 Å². The van der Waals surface area contributed by atoms with Gasteiger partial charge in [0, 0.05) is 30.3 Å². The van der Waals surface area contributed by atoms with Crippen molar-refractivity contribution in [3.8, 4) is 0 Å². The third kappa shape index (κ3) is 3.60. The van der Waals surface area contributed by atoms with Gasteiger partial charge in [-0.1, -0.05) is 6.42 Å².